The molecule has 0 radical (unpaired) electrons. The zero-order valence-corrected chi connectivity index (χ0v) is 32.0. The average Bonchev–Trinajstić information content (AvgIpc) is 3.18. The van der Waals surface area contributed by atoms with Gasteiger partial charge in [0, 0.05) is 36.9 Å². The van der Waals surface area contributed by atoms with Crippen molar-refractivity contribution in [2.24, 2.45) is 17.6 Å². The number of nitrogens with one attached hydrogen (secondary N) is 5. The molecule has 17 heteroatoms. The first kappa shape index (κ1) is 47.0. The molecule has 0 unspecified atom stereocenters. The lowest BCUT2D eigenvalue weighted by atomic mass is 9.90. The fourth-order valence-electron chi connectivity index (χ4n) is 5.76. The van der Waals surface area contributed by atoms with Gasteiger partial charge < -0.3 is 37.2 Å². The van der Waals surface area contributed by atoms with Gasteiger partial charge >= 0.3 is 5.97 Å². The number of carboxylic acid groups (broad SMARTS) is 1. The van der Waals surface area contributed by atoms with E-state index in [0.717, 1.165) is 0 Å². The third-order valence-corrected chi connectivity index (χ3v) is 8.79. The SMILES string of the molecule is C#CCCCC(=O)NCCCC[C@H](NC(=O)[C@H](Cc1ccc(C(=O)c2ccccc2)cc1)NC(=O)[C@H](CC(=O)O)NC(=O)[C@H](CC(C)C)[C@H](O)C(=O)NO)C(N)=O. The number of unbranched alkanes of at least 4 members (excludes halogenated alkanes) is 2. The standard InChI is InChI=1S/C40H52N6O11/c1-4-5-7-15-32(47)42-20-11-10-14-29(36(41)52)43-38(54)30(22-25-16-18-27(19-17-25)34(50)26-12-8-6-9-13-26)45-39(55)31(23-33(48)49)44-37(53)28(21-24(2)3)35(51)40(56)46-57/h1,6,8-9,12-13,16-19,24,28-31,35,51,57H,5,7,10-11,14-15,20-23H2,2-3H3,(H2,41,52)(H,42,47)(H,43,54)(H,44,53)(H,45,55)(H,46,56)(H,48,49)/t28-,29+,30+,31+,35+/m1/s1. The van der Waals surface area contributed by atoms with E-state index >= 15 is 0 Å². The number of hydrogen-bond donors (Lipinski definition) is 9. The highest BCUT2D eigenvalue weighted by Gasteiger charge is 2.36. The van der Waals surface area contributed by atoms with Crippen LogP contribution in [0.3, 0.4) is 0 Å². The molecule has 2 aromatic rings. The van der Waals surface area contributed by atoms with Gasteiger partial charge in [-0.15, -0.1) is 12.3 Å². The molecule has 5 atom stereocenters. The summed E-state index contributed by atoms with van der Waals surface area (Å²) in [6.45, 7) is 3.66. The van der Waals surface area contributed by atoms with Crippen LogP contribution in [0.25, 0.3) is 0 Å². The van der Waals surface area contributed by atoms with Crippen molar-refractivity contribution in [3.8, 4) is 12.3 Å². The maximum atomic E-state index is 13.8. The van der Waals surface area contributed by atoms with E-state index in [1.54, 1.807) is 56.3 Å². The molecule has 308 valence electrons. The maximum absolute atomic E-state index is 13.8. The van der Waals surface area contributed by atoms with Crippen molar-refractivity contribution < 1.29 is 53.8 Å². The van der Waals surface area contributed by atoms with Gasteiger partial charge in [-0.05, 0) is 43.6 Å². The second-order valence-corrected chi connectivity index (χ2v) is 13.8. The van der Waals surface area contributed by atoms with Crippen LogP contribution >= 0.6 is 0 Å². The molecule has 2 aromatic carbocycles. The van der Waals surface area contributed by atoms with Crippen LogP contribution in [0.2, 0.25) is 0 Å². The number of carbonyl (C=O) groups is 8. The van der Waals surface area contributed by atoms with Gasteiger partial charge in [-0.2, -0.15) is 0 Å². The number of primary amides is 1. The predicted molar refractivity (Wildman–Crippen MR) is 206 cm³/mol. The fraction of sp³-hybridized carbons (Fsp3) is 0.450. The molecule has 17 nitrogen and oxygen atoms in total. The molecule has 0 saturated heterocycles. The highest BCUT2D eigenvalue weighted by molar-refractivity contribution is 6.09. The minimum absolute atomic E-state index is 0.0731. The average molecular weight is 793 g/mol. The van der Waals surface area contributed by atoms with E-state index in [0.29, 0.717) is 48.9 Å². The molecule has 10 N–H and O–H groups in total. The van der Waals surface area contributed by atoms with Gasteiger partial charge in [-0.1, -0.05) is 68.4 Å². The Balaban J connectivity index is 2.33. The number of terminal acetylenes is 1. The van der Waals surface area contributed by atoms with Crippen LogP contribution in [0, 0.1) is 24.2 Å². The maximum Gasteiger partial charge on any atom is 0.305 e. The zero-order valence-electron chi connectivity index (χ0n) is 32.0. The second kappa shape index (κ2) is 24.4. The molecule has 0 bridgehead atoms. The summed E-state index contributed by atoms with van der Waals surface area (Å²) in [7, 11) is 0. The van der Waals surface area contributed by atoms with Crippen molar-refractivity contribution >= 4 is 47.2 Å². The van der Waals surface area contributed by atoms with E-state index in [4.69, 9.17) is 17.4 Å². The van der Waals surface area contributed by atoms with Crippen molar-refractivity contribution in [1.82, 2.24) is 26.7 Å². The van der Waals surface area contributed by atoms with Gasteiger partial charge in [0.05, 0.1) is 12.3 Å². The van der Waals surface area contributed by atoms with Crippen LogP contribution in [0.1, 0.15) is 86.7 Å². The number of amides is 6. The third-order valence-electron chi connectivity index (χ3n) is 8.79. The Morgan fingerprint density at radius 2 is 1.37 bits per heavy atom. The summed E-state index contributed by atoms with van der Waals surface area (Å²) in [5.41, 5.74) is 8.09. The van der Waals surface area contributed by atoms with Gasteiger partial charge in [0.1, 0.15) is 24.2 Å². The van der Waals surface area contributed by atoms with Gasteiger partial charge in [0.2, 0.25) is 29.5 Å². The Hall–Kier alpha value is -6.12. The van der Waals surface area contributed by atoms with Crippen LogP contribution in [0.5, 0.6) is 0 Å². The van der Waals surface area contributed by atoms with Crippen LogP contribution in [-0.4, -0.2) is 93.4 Å². The van der Waals surface area contributed by atoms with E-state index in [9.17, 15) is 48.6 Å². The minimum atomic E-state index is -2.05. The zero-order chi connectivity index (χ0) is 42.5. The summed E-state index contributed by atoms with van der Waals surface area (Å²) in [6.07, 6.45) is 4.01. The topological polar surface area (TPSA) is 283 Å². The Morgan fingerprint density at radius 3 is 1.95 bits per heavy atom. The number of benzene rings is 2. The Kier molecular flexibility index (Phi) is 20.1. The molecule has 6 amide bonds. The molecule has 0 heterocycles. The smallest absolute Gasteiger partial charge is 0.305 e. The number of ketones is 1. The number of carboxylic acids is 1. The molecule has 0 saturated carbocycles. The molecular formula is C40H52N6O11. The lowest BCUT2D eigenvalue weighted by molar-refractivity contribution is -0.148. The van der Waals surface area contributed by atoms with Crippen LogP contribution in [0.4, 0.5) is 0 Å². The Morgan fingerprint density at radius 1 is 0.772 bits per heavy atom. The number of aliphatic hydroxyl groups excluding tert-OH is 1. The lowest BCUT2D eigenvalue weighted by Gasteiger charge is -2.27. The highest BCUT2D eigenvalue weighted by Crippen LogP contribution is 2.18. The van der Waals surface area contributed by atoms with Crippen LogP contribution in [0.15, 0.2) is 54.6 Å². The summed E-state index contributed by atoms with van der Waals surface area (Å²) in [5.74, 6) is -6.52. The summed E-state index contributed by atoms with van der Waals surface area (Å²) < 4.78 is 0. The first-order chi connectivity index (χ1) is 27.1. The third kappa shape index (κ3) is 16.6. The van der Waals surface area contributed by atoms with E-state index in [1.807, 2.05) is 0 Å². The summed E-state index contributed by atoms with van der Waals surface area (Å²) >= 11 is 0. The van der Waals surface area contributed by atoms with Crippen molar-refractivity contribution in [2.75, 3.05) is 6.54 Å². The van der Waals surface area contributed by atoms with Gasteiger partial charge in [0.15, 0.2) is 5.78 Å². The van der Waals surface area contributed by atoms with Crippen molar-refractivity contribution in [3.63, 3.8) is 0 Å². The summed E-state index contributed by atoms with van der Waals surface area (Å²) in [4.78, 5) is 102. The number of rotatable bonds is 25. The van der Waals surface area contributed by atoms with Crippen molar-refractivity contribution in [3.05, 3.63) is 71.3 Å². The molecule has 0 aliphatic rings. The fourth-order valence-corrected chi connectivity index (χ4v) is 5.76. The van der Waals surface area contributed by atoms with Crippen LogP contribution < -0.4 is 32.5 Å². The highest BCUT2D eigenvalue weighted by atomic mass is 16.5. The monoisotopic (exact) mass is 792 g/mol. The molecule has 0 spiro atoms. The summed E-state index contributed by atoms with van der Waals surface area (Å²) in [6, 6.07) is 10.1. The predicted octanol–water partition coefficient (Wildman–Crippen LogP) is 0.493. The van der Waals surface area contributed by atoms with Crippen molar-refractivity contribution in [2.45, 2.75) is 95.9 Å². The molecule has 57 heavy (non-hydrogen) atoms. The molecular weight excluding hydrogens is 740 g/mol. The number of hydrogen-bond acceptors (Lipinski definition) is 10. The van der Waals surface area contributed by atoms with Crippen molar-refractivity contribution in [1.29, 1.82) is 0 Å². The minimum Gasteiger partial charge on any atom is -0.481 e. The number of nitrogens with two attached hydrogens (primary N) is 1. The Bertz CT molecular complexity index is 1740. The van der Waals surface area contributed by atoms with Gasteiger partial charge in [0.25, 0.3) is 5.91 Å². The van der Waals surface area contributed by atoms with E-state index < -0.39 is 72.1 Å². The van der Waals surface area contributed by atoms with E-state index in [2.05, 4.69) is 27.2 Å². The molecule has 0 fully saturated rings. The quantitative estimate of drug-likeness (QED) is 0.0219. The number of carbonyl (C=O) groups excluding carboxylic acids is 7. The van der Waals surface area contributed by atoms with Gasteiger partial charge in [-0.3, -0.25) is 43.6 Å². The first-order valence-corrected chi connectivity index (χ1v) is 18.5. The molecule has 0 aromatic heterocycles. The normalized spacial score (nSPS) is 13.4. The lowest BCUT2D eigenvalue weighted by Crippen LogP contribution is -2.58. The number of aliphatic carboxylic acids is 1. The van der Waals surface area contributed by atoms with E-state index in [-0.39, 0.29) is 43.3 Å². The molecule has 2 rings (SSSR count). The largest absolute Gasteiger partial charge is 0.481 e. The summed E-state index contributed by atoms with van der Waals surface area (Å²) in [5, 5.41) is 39.0. The van der Waals surface area contributed by atoms with Crippen LogP contribution in [-0.2, 0) is 40.0 Å². The molecule has 0 aliphatic heterocycles. The molecule has 0 aliphatic carbocycles. The second-order valence-electron chi connectivity index (χ2n) is 13.8. The number of aliphatic hydroxyl groups is 1. The van der Waals surface area contributed by atoms with E-state index in [1.165, 1.54) is 17.6 Å². The Labute approximate surface area is 330 Å². The van der Waals surface area contributed by atoms with Gasteiger partial charge in [-0.25, -0.2) is 5.48 Å². The first-order valence-electron chi connectivity index (χ1n) is 18.5. The number of hydroxylamine groups is 1.